The molecule has 0 unspecified atom stereocenters. The van der Waals surface area contributed by atoms with Gasteiger partial charge in [-0.15, -0.1) is 0 Å². The molecule has 0 saturated carbocycles. The Morgan fingerprint density at radius 1 is 0.756 bits per heavy atom. The molecule has 0 aliphatic heterocycles. The third-order valence-corrected chi connectivity index (χ3v) is 8.92. The minimum atomic E-state index is -3.42. The Morgan fingerprint density at radius 2 is 1.33 bits per heavy atom. The minimum Gasteiger partial charge on any atom is -0.497 e. The van der Waals surface area contributed by atoms with Gasteiger partial charge in [0.05, 0.1) is 7.11 Å². The molecule has 0 aromatic heterocycles. The number of aryl methyl sites for hydroxylation is 1. The van der Waals surface area contributed by atoms with Gasteiger partial charge < -0.3 is 13.8 Å². The van der Waals surface area contributed by atoms with Crippen molar-refractivity contribution in [3.63, 3.8) is 0 Å². The van der Waals surface area contributed by atoms with E-state index in [2.05, 4.69) is 56.8 Å². The van der Waals surface area contributed by atoms with Gasteiger partial charge in [-0.2, -0.15) is 0 Å². The number of benzene rings is 4. The molecule has 4 aromatic carbocycles. The van der Waals surface area contributed by atoms with Gasteiger partial charge in [0.15, 0.2) is 11.6 Å². The molecule has 0 heterocycles. The summed E-state index contributed by atoms with van der Waals surface area (Å²) in [5.74, 6) is -0.822. The van der Waals surface area contributed by atoms with Gasteiger partial charge in [0.2, 0.25) is 0 Å². The predicted octanol–water partition coefficient (Wildman–Crippen LogP) is 10.5. The summed E-state index contributed by atoms with van der Waals surface area (Å²) < 4.78 is 54.3. The van der Waals surface area contributed by atoms with Crippen LogP contribution in [0.15, 0.2) is 104 Å². The lowest BCUT2D eigenvalue weighted by Gasteiger charge is -2.12. The van der Waals surface area contributed by atoms with Crippen molar-refractivity contribution in [1.29, 1.82) is 0 Å². The van der Waals surface area contributed by atoms with Crippen molar-refractivity contribution < 1.29 is 36.7 Å². The maximum atomic E-state index is 13.2. The SMILES string of the molecule is COP(=O)(CC(=O)c1cc(F)cc(Br)c1)OC.COc1cccc(Br)c1.Cc1cccc(/C=C/C(=O)c2cc(F)cc(Br)c2)c1. The van der Waals surface area contributed by atoms with E-state index in [0.717, 1.165) is 27.4 Å². The highest BCUT2D eigenvalue weighted by molar-refractivity contribution is 9.11. The fourth-order valence-corrected chi connectivity index (χ4v) is 5.77. The van der Waals surface area contributed by atoms with E-state index < -0.39 is 31.2 Å². The van der Waals surface area contributed by atoms with Crippen LogP contribution in [0.1, 0.15) is 31.8 Å². The van der Waals surface area contributed by atoms with Crippen molar-refractivity contribution >= 4 is 73.0 Å². The number of halogens is 5. The molecule has 0 bridgehead atoms. The lowest BCUT2D eigenvalue weighted by atomic mass is 10.1. The molecule has 0 radical (unpaired) electrons. The predicted molar refractivity (Wildman–Crippen MR) is 184 cm³/mol. The summed E-state index contributed by atoms with van der Waals surface area (Å²) in [5, 5.41) is 0. The highest BCUT2D eigenvalue weighted by Crippen LogP contribution is 2.46. The van der Waals surface area contributed by atoms with Gasteiger partial charge in [0.1, 0.15) is 23.5 Å². The Morgan fingerprint density at radius 3 is 1.84 bits per heavy atom. The largest absolute Gasteiger partial charge is 0.497 e. The van der Waals surface area contributed by atoms with E-state index in [-0.39, 0.29) is 11.3 Å². The molecule has 4 rings (SSSR count). The van der Waals surface area contributed by atoms with Crippen LogP contribution < -0.4 is 4.74 Å². The molecular formula is C33H30Br3F2O6P. The second-order valence-corrected chi connectivity index (χ2v) is 14.2. The number of carbonyl (C=O) groups is 2. The molecule has 0 N–H and O–H groups in total. The van der Waals surface area contributed by atoms with Gasteiger partial charge in [-0.3, -0.25) is 14.2 Å². The number of rotatable bonds is 9. The smallest absolute Gasteiger partial charge is 0.337 e. The summed E-state index contributed by atoms with van der Waals surface area (Å²) in [6, 6.07) is 23.4. The van der Waals surface area contributed by atoms with E-state index in [9.17, 15) is 22.9 Å². The molecule has 0 fully saturated rings. The van der Waals surface area contributed by atoms with E-state index in [0.29, 0.717) is 14.5 Å². The maximum Gasteiger partial charge on any atom is 0.337 e. The van der Waals surface area contributed by atoms with E-state index in [1.165, 1.54) is 44.6 Å². The number of carbonyl (C=O) groups excluding carboxylic acids is 2. The van der Waals surface area contributed by atoms with Crippen LogP contribution in [0.3, 0.4) is 0 Å². The molecule has 0 saturated heterocycles. The first kappa shape index (κ1) is 38.4. The number of methoxy groups -OCH3 is 1. The van der Waals surface area contributed by atoms with Gasteiger partial charge in [0.25, 0.3) is 0 Å². The van der Waals surface area contributed by atoms with Crippen LogP contribution in [0.2, 0.25) is 0 Å². The second-order valence-electron chi connectivity index (χ2n) is 9.15. The lowest BCUT2D eigenvalue weighted by Crippen LogP contribution is -2.08. The van der Waals surface area contributed by atoms with E-state index in [1.54, 1.807) is 19.3 Å². The van der Waals surface area contributed by atoms with Gasteiger partial charge in [0, 0.05) is 38.8 Å². The molecular weight excluding hydrogens is 801 g/mol. The second kappa shape index (κ2) is 19.0. The highest BCUT2D eigenvalue weighted by Gasteiger charge is 2.26. The Hall–Kier alpha value is -2.79. The van der Waals surface area contributed by atoms with Crippen molar-refractivity contribution in [2.45, 2.75) is 6.92 Å². The van der Waals surface area contributed by atoms with Gasteiger partial charge in [-0.1, -0.05) is 89.8 Å². The van der Waals surface area contributed by atoms with Crippen LogP contribution in [0.5, 0.6) is 5.75 Å². The van der Waals surface area contributed by atoms with Crippen LogP contribution in [-0.2, 0) is 13.6 Å². The first-order valence-corrected chi connectivity index (χ1v) is 17.1. The van der Waals surface area contributed by atoms with Crippen LogP contribution in [0, 0.1) is 18.6 Å². The molecule has 6 nitrogen and oxygen atoms in total. The lowest BCUT2D eigenvalue weighted by molar-refractivity contribution is 0.101. The number of allylic oxidation sites excluding steroid dienone is 1. The molecule has 4 aromatic rings. The molecule has 0 aliphatic carbocycles. The van der Waals surface area contributed by atoms with Gasteiger partial charge in [-0.05, 0) is 73.2 Å². The average Bonchev–Trinajstić information content (AvgIpc) is 2.99. The van der Waals surface area contributed by atoms with E-state index in [4.69, 9.17) is 4.74 Å². The summed E-state index contributed by atoms with van der Waals surface area (Å²) in [5.41, 5.74) is 2.52. The molecule has 12 heteroatoms. The summed E-state index contributed by atoms with van der Waals surface area (Å²) in [4.78, 5) is 23.7. The zero-order valence-corrected chi connectivity index (χ0v) is 30.4. The zero-order valence-electron chi connectivity index (χ0n) is 24.7. The average molecular weight is 831 g/mol. The summed E-state index contributed by atoms with van der Waals surface area (Å²) >= 11 is 9.56. The van der Waals surface area contributed by atoms with Crippen molar-refractivity contribution in [1.82, 2.24) is 0 Å². The Bertz CT molecular complexity index is 1650. The number of Topliss-reactive ketones (excluding diaryl/α,β-unsaturated/α-hetero) is 1. The summed E-state index contributed by atoms with van der Waals surface area (Å²) in [6.45, 7) is 1.99. The molecule has 0 amide bonds. The normalized spacial score (nSPS) is 10.8. The third kappa shape index (κ3) is 14.0. The van der Waals surface area contributed by atoms with Crippen LogP contribution in [0.25, 0.3) is 6.08 Å². The number of ketones is 2. The van der Waals surface area contributed by atoms with Gasteiger partial charge >= 0.3 is 7.60 Å². The number of hydrogen-bond acceptors (Lipinski definition) is 6. The van der Waals surface area contributed by atoms with Crippen LogP contribution in [0.4, 0.5) is 8.78 Å². The third-order valence-electron chi connectivity index (χ3n) is 5.73. The van der Waals surface area contributed by atoms with Crippen molar-refractivity contribution in [3.05, 3.63) is 138 Å². The quantitative estimate of drug-likeness (QED) is 0.0950. The summed E-state index contributed by atoms with van der Waals surface area (Å²) in [7, 11) is 0.621. The molecule has 0 aliphatic rings. The first-order chi connectivity index (χ1) is 21.3. The van der Waals surface area contributed by atoms with Crippen LogP contribution >= 0.6 is 55.4 Å². The van der Waals surface area contributed by atoms with Crippen molar-refractivity contribution in [3.8, 4) is 5.75 Å². The fourth-order valence-electron chi connectivity index (χ4n) is 3.52. The number of hydrogen-bond donors (Lipinski definition) is 0. The zero-order chi connectivity index (χ0) is 33.6. The molecule has 0 atom stereocenters. The van der Waals surface area contributed by atoms with E-state index in [1.807, 2.05) is 55.5 Å². The highest BCUT2D eigenvalue weighted by atomic mass is 79.9. The molecule has 238 valence electrons. The number of ether oxygens (including phenoxy) is 1. The van der Waals surface area contributed by atoms with Crippen LogP contribution in [-0.4, -0.2) is 39.1 Å². The minimum absolute atomic E-state index is 0.117. The Labute approximate surface area is 286 Å². The van der Waals surface area contributed by atoms with Gasteiger partial charge in [-0.25, -0.2) is 8.78 Å². The Kier molecular flexibility index (Phi) is 16.2. The molecule has 0 spiro atoms. The summed E-state index contributed by atoms with van der Waals surface area (Å²) in [6.07, 6.45) is 2.76. The first-order valence-electron chi connectivity index (χ1n) is 13.0. The monoisotopic (exact) mass is 828 g/mol. The Balaban J connectivity index is 0.000000249. The maximum absolute atomic E-state index is 13.2. The molecule has 45 heavy (non-hydrogen) atoms. The van der Waals surface area contributed by atoms with Crippen molar-refractivity contribution in [2.75, 3.05) is 27.5 Å². The van der Waals surface area contributed by atoms with Crippen molar-refractivity contribution in [2.24, 2.45) is 0 Å². The fraction of sp³-hybridized carbons (Fsp3) is 0.152. The van der Waals surface area contributed by atoms with E-state index >= 15 is 0 Å². The topological polar surface area (TPSA) is 78.9 Å². The standard InChI is InChI=1S/C16H12BrFO.C10H11BrFO4P.C7H7BrO/c1-11-3-2-4-12(7-11)5-6-16(19)13-8-14(17)10-15(18)9-13;1-15-17(14,16-2)6-10(13)7-3-8(11)5-9(12)4-7;1-9-7-4-2-3-6(8)5-7/h2-10H,1H3;3-5H,6H2,1-2H3;2-5H,1H3/b6-5+;;.